The number of carbonyl (C=O) groups excluding carboxylic acids is 2. The molecule has 0 aromatic heterocycles. The van der Waals surface area contributed by atoms with Crippen molar-refractivity contribution in [2.75, 3.05) is 13.1 Å². The summed E-state index contributed by atoms with van der Waals surface area (Å²) >= 11 is 0. The lowest BCUT2D eigenvalue weighted by Gasteiger charge is -2.40. The number of hydrogen-bond acceptors (Lipinski definition) is 3. The molecule has 1 aromatic carbocycles. The summed E-state index contributed by atoms with van der Waals surface area (Å²) in [6.07, 6.45) is 4.69. The van der Waals surface area contributed by atoms with Crippen LogP contribution in [0.4, 0.5) is 0 Å². The zero-order valence-corrected chi connectivity index (χ0v) is 12.0. The highest BCUT2D eigenvalue weighted by Crippen LogP contribution is 2.44. The molecule has 110 valence electrons. The number of nitrogens with zero attached hydrogens (tertiary/aromatic N) is 1. The van der Waals surface area contributed by atoms with Crippen LogP contribution in [0.25, 0.3) is 0 Å². The third-order valence-electron chi connectivity index (χ3n) is 5.26. The van der Waals surface area contributed by atoms with E-state index in [1.807, 2.05) is 29.2 Å². The molecule has 2 heterocycles. The predicted molar refractivity (Wildman–Crippen MR) is 76.7 cm³/mol. The number of rotatable bonds is 1. The molecule has 1 amide bonds. The fourth-order valence-corrected chi connectivity index (χ4v) is 3.72. The van der Waals surface area contributed by atoms with Crippen LogP contribution >= 0.6 is 0 Å². The minimum atomic E-state index is -0.496. The van der Waals surface area contributed by atoms with Gasteiger partial charge in [0.05, 0.1) is 5.56 Å². The van der Waals surface area contributed by atoms with Gasteiger partial charge in [0, 0.05) is 37.4 Å². The second kappa shape index (κ2) is 4.58. The van der Waals surface area contributed by atoms with Crippen LogP contribution in [0.15, 0.2) is 24.3 Å². The van der Waals surface area contributed by atoms with Gasteiger partial charge >= 0.3 is 5.97 Å². The number of carbonyl (C=O) groups is 2. The van der Waals surface area contributed by atoms with Crippen LogP contribution in [0, 0.1) is 5.92 Å². The first-order chi connectivity index (χ1) is 10.2. The number of ether oxygens (including phenoxy) is 1. The molecule has 21 heavy (non-hydrogen) atoms. The zero-order chi connectivity index (χ0) is 14.4. The third-order valence-corrected chi connectivity index (χ3v) is 5.26. The maximum absolute atomic E-state index is 12.3. The molecule has 1 saturated carbocycles. The van der Waals surface area contributed by atoms with E-state index in [0.717, 1.165) is 18.4 Å². The molecule has 4 rings (SSSR count). The Morgan fingerprint density at radius 1 is 1.19 bits per heavy atom. The number of piperidine rings is 1. The molecule has 2 fully saturated rings. The van der Waals surface area contributed by atoms with Crippen LogP contribution < -0.4 is 0 Å². The van der Waals surface area contributed by atoms with E-state index in [9.17, 15) is 9.59 Å². The Morgan fingerprint density at radius 2 is 1.90 bits per heavy atom. The lowest BCUT2D eigenvalue weighted by Crippen LogP contribution is -2.48. The highest BCUT2D eigenvalue weighted by molar-refractivity contribution is 5.94. The molecule has 2 aliphatic heterocycles. The van der Waals surface area contributed by atoms with Crippen LogP contribution in [0.2, 0.25) is 0 Å². The Bertz CT molecular complexity index is 598. The van der Waals surface area contributed by atoms with Crippen molar-refractivity contribution in [3.8, 4) is 0 Å². The van der Waals surface area contributed by atoms with E-state index in [4.69, 9.17) is 4.74 Å². The van der Waals surface area contributed by atoms with Gasteiger partial charge in [0.1, 0.15) is 5.60 Å². The monoisotopic (exact) mass is 285 g/mol. The van der Waals surface area contributed by atoms with Gasteiger partial charge in [0.2, 0.25) is 5.91 Å². The lowest BCUT2D eigenvalue weighted by atomic mass is 9.81. The molecule has 1 spiro atoms. The highest BCUT2D eigenvalue weighted by Gasteiger charge is 2.48. The van der Waals surface area contributed by atoms with Crippen molar-refractivity contribution in [1.29, 1.82) is 0 Å². The van der Waals surface area contributed by atoms with Crippen LogP contribution in [0.3, 0.4) is 0 Å². The first-order valence-corrected chi connectivity index (χ1v) is 7.81. The van der Waals surface area contributed by atoms with E-state index in [1.165, 1.54) is 6.42 Å². The summed E-state index contributed by atoms with van der Waals surface area (Å²) in [4.78, 5) is 26.3. The Morgan fingerprint density at radius 3 is 2.57 bits per heavy atom. The van der Waals surface area contributed by atoms with Crippen molar-refractivity contribution in [1.82, 2.24) is 4.90 Å². The molecule has 1 aliphatic carbocycles. The molecule has 4 nitrogen and oxygen atoms in total. The molecule has 1 aromatic rings. The molecule has 0 N–H and O–H groups in total. The van der Waals surface area contributed by atoms with Gasteiger partial charge in [-0.3, -0.25) is 4.79 Å². The predicted octanol–water partition coefficient (Wildman–Crippen LogP) is 2.47. The summed E-state index contributed by atoms with van der Waals surface area (Å²) < 4.78 is 5.71. The van der Waals surface area contributed by atoms with Crippen LogP contribution in [-0.4, -0.2) is 29.9 Å². The first-order valence-electron chi connectivity index (χ1n) is 7.81. The van der Waals surface area contributed by atoms with E-state index in [2.05, 4.69) is 0 Å². The maximum atomic E-state index is 12.3. The molecular formula is C17H19NO3. The second-order valence-electron chi connectivity index (χ2n) is 6.38. The maximum Gasteiger partial charge on any atom is 0.339 e. The molecule has 4 heteroatoms. The summed E-state index contributed by atoms with van der Waals surface area (Å²) in [5, 5.41) is 0. The van der Waals surface area contributed by atoms with Crippen molar-refractivity contribution in [2.45, 2.75) is 37.7 Å². The minimum absolute atomic E-state index is 0.218. The number of esters is 1. The van der Waals surface area contributed by atoms with Gasteiger partial charge in [-0.2, -0.15) is 0 Å². The van der Waals surface area contributed by atoms with E-state index in [1.54, 1.807) is 0 Å². The zero-order valence-electron chi connectivity index (χ0n) is 12.0. The molecular weight excluding hydrogens is 266 g/mol. The van der Waals surface area contributed by atoms with Crippen molar-refractivity contribution >= 4 is 11.9 Å². The average Bonchev–Trinajstić information content (AvgIpc) is 2.71. The van der Waals surface area contributed by atoms with Crippen LogP contribution in [0.5, 0.6) is 0 Å². The molecule has 0 atom stereocenters. The van der Waals surface area contributed by atoms with Gasteiger partial charge in [-0.1, -0.05) is 24.6 Å². The standard InChI is InChI=1S/C17H19NO3/c19-15(12-4-3-5-12)18-10-8-17(9-11-18)14-7-2-1-6-13(14)16(20)21-17/h1-2,6-7,12H,3-5,8-11H2. The average molecular weight is 285 g/mol. The normalized spacial score (nSPS) is 23.6. The molecule has 0 bridgehead atoms. The van der Waals surface area contributed by atoms with Crippen LogP contribution in [-0.2, 0) is 15.1 Å². The minimum Gasteiger partial charge on any atom is -0.450 e. The number of likely N-dealkylation sites (tertiary alicyclic amines) is 1. The number of hydrogen-bond donors (Lipinski definition) is 0. The second-order valence-corrected chi connectivity index (χ2v) is 6.38. The Labute approximate surface area is 124 Å². The quantitative estimate of drug-likeness (QED) is 0.745. The van der Waals surface area contributed by atoms with E-state index >= 15 is 0 Å². The smallest absolute Gasteiger partial charge is 0.339 e. The molecule has 0 radical (unpaired) electrons. The summed E-state index contributed by atoms with van der Waals surface area (Å²) in [7, 11) is 0. The summed E-state index contributed by atoms with van der Waals surface area (Å²) in [5.41, 5.74) is 1.20. The fourth-order valence-electron chi connectivity index (χ4n) is 3.72. The van der Waals surface area contributed by atoms with Gasteiger partial charge in [-0.25, -0.2) is 4.79 Å². The molecule has 3 aliphatic rings. The Balaban J connectivity index is 1.52. The first kappa shape index (κ1) is 12.9. The summed E-state index contributed by atoms with van der Waals surface area (Å²) in [5.74, 6) is 0.329. The number of fused-ring (bicyclic) bond motifs is 2. The van der Waals surface area contributed by atoms with Crippen molar-refractivity contribution in [2.24, 2.45) is 5.92 Å². The Hall–Kier alpha value is -1.84. The Kier molecular flexibility index (Phi) is 2.81. The molecule has 0 unspecified atom stereocenters. The van der Waals surface area contributed by atoms with Crippen molar-refractivity contribution in [3.63, 3.8) is 0 Å². The van der Waals surface area contributed by atoms with Crippen molar-refractivity contribution in [3.05, 3.63) is 35.4 Å². The van der Waals surface area contributed by atoms with Crippen LogP contribution in [0.1, 0.15) is 48.0 Å². The summed E-state index contributed by atoms with van der Waals surface area (Å²) in [6.45, 7) is 1.38. The highest BCUT2D eigenvalue weighted by atomic mass is 16.6. The van der Waals surface area contributed by atoms with Gasteiger partial charge < -0.3 is 9.64 Å². The SMILES string of the molecule is O=C1OC2(CCN(C(=O)C3CCC3)CC2)c2ccccc21. The fraction of sp³-hybridized carbons (Fsp3) is 0.529. The number of benzene rings is 1. The number of amides is 1. The van der Waals surface area contributed by atoms with Crippen molar-refractivity contribution < 1.29 is 14.3 Å². The largest absolute Gasteiger partial charge is 0.450 e. The van der Waals surface area contributed by atoms with Gasteiger partial charge in [-0.15, -0.1) is 0 Å². The summed E-state index contributed by atoms with van der Waals surface area (Å²) in [6, 6.07) is 7.64. The van der Waals surface area contributed by atoms with E-state index < -0.39 is 5.60 Å². The molecule has 1 saturated heterocycles. The third kappa shape index (κ3) is 1.88. The van der Waals surface area contributed by atoms with Gasteiger partial charge in [0.15, 0.2) is 0 Å². The lowest BCUT2D eigenvalue weighted by molar-refractivity contribution is -0.142. The van der Waals surface area contributed by atoms with Gasteiger partial charge in [0.25, 0.3) is 0 Å². The van der Waals surface area contributed by atoms with Gasteiger partial charge in [-0.05, 0) is 18.9 Å². The van der Waals surface area contributed by atoms with E-state index in [0.29, 0.717) is 37.4 Å². The topological polar surface area (TPSA) is 46.6 Å². The van der Waals surface area contributed by atoms with E-state index in [-0.39, 0.29) is 11.9 Å².